The second-order valence-corrected chi connectivity index (χ2v) is 4.82. The molecule has 0 atom stereocenters. The first-order valence-corrected chi connectivity index (χ1v) is 6.39. The van der Waals surface area contributed by atoms with Crippen molar-refractivity contribution in [1.82, 2.24) is 9.78 Å². The molecule has 1 aromatic heterocycles. The van der Waals surface area contributed by atoms with Gasteiger partial charge < -0.3 is 5.32 Å². The maximum Gasteiger partial charge on any atom is 0.0625 e. The topological polar surface area (TPSA) is 29.9 Å². The molecule has 0 saturated heterocycles. The number of aromatic nitrogens is 2. The number of rotatable bonds is 4. The molecule has 0 unspecified atom stereocenters. The van der Waals surface area contributed by atoms with E-state index in [-0.39, 0.29) is 0 Å². The lowest BCUT2D eigenvalue weighted by Gasteiger charge is -2.08. The normalized spacial score (nSPS) is 10.7. The Bertz CT molecular complexity index is 541. The van der Waals surface area contributed by atoms with Gasteiger partial charge in [0.05, 0.1) is 12.2 Å². The lowest BCUT2D eigenvalue weighted by Crippen LogP contribution is -2.12. The highest BCUT2D eigenvalue weighted by atomic mass is 15.3. The zero-order valence-corrected chi connectivity index (χ0v) is 11.6. The van der Waals surface area contributed by atoms with E-state index in [9.17, 15) is 0 Å². The van der Waals surface area contributed by atoms with Gasteiger partial charge in [-0.3, -0.25) is 4.68 Å². The fourth-order valence-corrected chi connectivity index (χ4v) is 2.07. The highest BCUT2D eigenvalue weighted by Gasteiger charge is 2.06. The molecule has 0 bridgehead atoms. The molecule has 0 radical (unpaired) electrons. The van der Waals surface area contributed by atoms with Crippen LogP contribution in [0.25, 0.3) is 0 Å². The first kappa shape index (κ1) is 12.7. The Labute approximate surface area is 109 Å². The number of nitrogens with zero attached hydrogens (tertiary/aromatic N) is 2. The van der Waals surface area contributed by atoms with E-state index in [2.05, 4.69) is 67.1 Å². The van der Waals surface area contributed by atoms with Gasteiger partial charge in [0.25, 0.3) is 0 Å². The zero-order valence-electron chi connectivity index (χ0n) is 11.6. The van der Waals surface area contributed by atoms with Crippen molar-refractivity contribution in [2.24, 2.45) is 0 Å². The van der Waals surface area contributed by atoms with Crippen LogP contribution in [0.5, 0.6) is 0 Å². The van der Waals surface area contributed by atoms with Crippen molar-refractivity contribution >= 4 is 5.69 Å². The molecule has 18 heavy (non-hydrogen) atoms. The molecule has 0 spiro atoms. The molecule has 0 amide bonds. The van der Waals surface area contributed by atoms with Crippen LogP contribution in [0.3, 0.4) is 0 Å². The number of aryl methyl sites for hydroxylation is 2. The molecule has 1 N–H and O–H groups in total. The molecule has 2 aromatic rings. The summed E-state index contributed by atoms with van der Waals surface area (Å²) >= 11 is 0. The number of nitrogens with one attached hydrogen (secondary N) is 1. The van der Waals surface area contributed by atoms with E-state index in [0.29, 0.717) is 0 Å². The van der Waals surface area contributed by atoms with Gasteiger partial charge >= 0.3 is 0 Å². The molecule has 0 aliphatic carbocycles. The summed E-state index contributed by atoms with van der Waals surface area (Å²) in [5, 5.41) is 7.96. The summed E-state index contributed by atoms with van der Waals surface area (Å²) in [5.74, 6) is 0. The van der Waals surface area contributed by atoms with Gasteiger partial charge in [0.15, 0.2) is 0 Å². The third-order valence-electron chi connectivity index (χ3n) is 3.41. The van der Waals surface area contributed by atoms with Crippen LogP contribution in [0.15, 0.2) is 24.3 Å². The first-order chi connectivity index (χ1) is 8.58. The summed E-state index contributed by atoms with van der Waals surface area (Å²) in [6, 6.07) is 8.44. The van der Waals surface area contributed by atoms with Crippen LogP contribution in [-0.4, -0.2) is 16.3 Å². The largest absolute Gasteiger partial charge is 0.383 e. The van der Waals surface area contributed by atoms with Crippen molar-refractivity contribution in [3.8, 4) is 0 Å². The molecule has 0 saturated carbocycles. The molecule has 1 aromatic carbocycles. The minimum atomic E-state index is 0.894. The van der Waals surface area contributed by atoms with Crippen LogP contribution in [0.4, 0.5) is 5.69 Å². The molecular weight excluding hydrogens is 222 g/mol. The summed E-state index contributed by atoms with van der Waals surface area (Å²) in [5.41, 5.74) is 6.14. The van der Waals surface area contributed by atoms with E-state index >= 15 is 0 Å². The van der Waals surface area contributed by atoms with E-state index in [0.717, 1.165) is 18.8 Å². The molecule has 2 rings (SSSR count). The van der Waals surface area contributed by atoms with E-state index in [1.165, 1.54) is 22.5 Å². The molecule has 0 fully saturated rings. The van der Waals surface area contributed by atoms with Crippen molar-refractivity contribution < 1.29 is 0 Å². The van der Waals surface area contributed by atoms with Crippen LogP contribution >= 0.6 is 0 Å². The average Bonchev–Trinajstić information content (AvgIpc) is 2.57. The minimum Gasteiger partial charge on any atom is -0.383 e. The van der Waals surface area contributed by atoms with E-state index in [4.69, 9.17) is 0 Å². The second kappa shape index (κ2) is 5.25. The second-order valence-electron chi connectivity index (χ2n) is 4.82. The predicted octanol–water partition coefficient (Wildman–Crippen LogP) is 3.23. The fourth-order valence-electron chi connectivity index (χ4n) is 2.07. The molecule has 0 aliphatic rings. The predicted molar refractivity (Wildman–Crippen MR) is 76.1 cm³/mol. The third kappa shape index (κ3) is 2.73. The van der Waals surface area contributed by atoms with Crippen molar-refractivity contribution in [2.45, 2.75) is 34.2 Å². The Balaban J connectivity index is 1.94. The van der Waals surface area contributed by atoms with Crippen molar-refractivity contribution in [3.63, 3.8) is 0 Å². The Hall–Kier alpha value is -1.77. The van der Waals surface area contributed by atoms with Gasteiger partial charge in [-0.05, 0) is 51.0 Å². The maximum atomic E-state index is 4.54. The Kier molecular flexibility index (Phi) is 3.70. The van der Waals surface area contributed by atoms with Crippen LogP contribution in [0.1, 0.15) is 22.5 Å². The minimum absolute atomic E-state index is 0.894. The van der Waals surface area contributed by atoms with Crippen LogP contribution < -0.4 is 5.32 Å². The highest BCUT2D eigenvalue weighted by molar-refractivity contribution is 5.45. The summed E-state index contributed by atoms with van der Waals surface area (Å²) < 4.78 is 2.08. The zero-order chi connectivity index (χ0) is 13.1. The summed E-state index contributed by atoms with van der Waals surface area (Å²) in [7, 11) is 0. The Morgan fingerprint density at radius 2 is 1.94 bits per heavy atom. The van der Waals surface area contributed by atoms with E-state index in [1.807, 2.05) is 0 Å². The standard InChI is InChI=1S/C15H21N3/c1-11-6-5-7-15(10-11)16-8-9-18-14(4)12(2)13(3)17-18/h5-7,10,16H,8-9H2,1-4H3. The number of anilines is 1. The Morgan fingerprint density at radius 3 is 2.56 bits per heavy atom. The number of hydrogen-bond donors (Lipinski definition) is 1. The summed E-state index contributed by atoms with van der Waals surface area (Å²) in [6.45, 7) is 10.2. The van der Waals surface area contributed by atoms with Gasteiger partial charge in [-0.25, -0.2) is 0 Å². The number of benzene rings is 1. The van der Waals surface area contributed by atoms with Gasteiger partial charge in [-0.15, -0.1) is 0 Å². The number of hydrogen-bond acceptors (Lipinski definition) is 2. The van der Waals surface area contributed by atoms with Gasteiger partial charge in [-0.1, -0.05) is 12.1 Å². The van der Waals surface area contributed by atoms with Crippen LogP contribution in [-0.2, 0) is 6.54 Å². The average molecular weight is 243 g/mol. The quantitative estimate of drug-likeness (QED) is 0.893. The first-order valence-electron chi connectivity index (χ1n) is 6.39. The van der Waals surface area contributed by atoms with Gasteiger partial charge in [0.1, 0.15) is 0 Å². The van der Waals surface area contributed by atoms with E-state index in [1.54, 1.807) is 0 Å². The van der Waals surface area contributed by atoms with Crippen LogP contribution in [0.2, 0.25) is 0 Å². The lowest BCUT2D eigenvalue weighted by atomic mass is 10.2. The van der Waals surface area contributed by atoms with Crippen LogP contribution in [0, 0.1) is 27.7 Å². The van der Waals surface area contributed by atoms with Gasteiger partial charge in [0.2, 0.25) is 0 Å². The Morgan fingerprint density at radius 1 is 1.17 bits per heavy atom. The van der Waals surface area contributed by atoms with Gasteiger partial charge in [0, 0.05) is 17.9 Å². The van der Waals surface area contributed by atoms with Gasteiger partial charge in [-0.2, -0.15) is 5.10 Å². The molecule has 3 heteroatoms. The van der Waals surface area contributed by atoms with E-state index < -0.39 is 0 Å². The monoisotopic (exact) mass is 243 g/mol. The van der Waals surface area contributed by atoms with Crippen molar-refractivity contribution in [2.75, 3.05) is 11.9 Å². The molecule has 3 nitrogen and oxygen atoms in total. The SMILES string of the molecule is Cc1cccc(NCCn2nc(C)c(C)c2C)c1. The summed E-state index contributed by atoms with van der Waals surface area (Å²) in [6.07, 6.45) is 0. The van der Waals surface area contributed by atoms with Crippen molar-refractivity contribution in [3.05, 3.63) is 46.8 Å². The smallest absolute Gasteiger partial charge is 0.0625 e. The lowest BCUT2D eigenvalue weighted by molar-refractivity contribution is 0.614. The maximum absolute atomic E-state index is 4.54. The highest BCUT2D eigenvalue weighted by Crippen LogP contribution is 2.12. The fraction of sp³-hybridized carbons (Fsp3) is 0.400. The molecule has 0 aliphatic heterocycles. The third-order valence-corrected chi connectivity index (χ3v) is 3.41. The molecular formula is C15H21N3. The molecule has 96 valence electrons. The summed E-state index contributed by atoms with van der Waals surface area (Å²) in [4.78, 5) is 0. The molecule has 1 heterocycles. The van der Waals surface area contributed by atoms with Crippen molar-refractivity contribution in [1.29, 1.82) is 0 Å².